The quantitative estimate of drug-likeness (QED) is 0.805. The van der Waals surface area contributed by atoms with Gasteiger partial charge in [0.25, 0.3) is 5.91 Å². The lowest BCUT2D eigenvalue weighted by atomic mass is 10.1. The van der Waals surface area contributed by atoms with Gasteiger partial charge in [-0.15, -0.1) is 0 Å². The zero-order chi connectivity index (χ0) is 15.0. The third-order valence-electron chi connectivity index (χ3n) is 5.01. The molecule has 2 unspecified atom stereocenters. The van der Waals surface area contributed by atoms with E-state index in [1.54, 1.807) is 13.1 Å². The summed E-state index contributed by atoms with van der Waals surface area (Å²) in [5.41, 5.74) is 8.58. The summed E-state index contributed by atoms with van der Waals surface area (Å²) in [5.74, 6) is -0.0651. The number of nitrogens with two attached hydrogens (primary N) is 1. The first-order chi connectivity index (χ1) is 10.1. The van der Waals surface area contributed by atoms with Crippen molar-refractivity contribution < 1.29 is 4.79 Å². The molecule has 1 amide bonds. The van der Waals surface area contributed by atoms with E-state index in [0.717, 1.165) is 30.9 Å². The number of likely N-dealkylation sites (N-methyl/N-ethyl adjacent to an activating group) is 1. The number of hydrogen-bond donors (Lipinski definition) is 2. The topological polar surface area (TPSA) is 61.6 Å². The van der Waals surface area contributed by atoms with Gasteiger partial charge in [-0.2, -0.15) is 0 Å². The number of carbonyl (C=O) groups excluding carboxylic acids is 1. The van der Waals surface area contributed by atoms with Crippen molar-refractivity contribution in [2.75, 3.05) is 37.8 Å². The fourth-order valence-corrected chi connectivity index (χ4v) is 3.63. The monoisotopic (exact) mass is 288 g/mol. The predicted octanol–water partition coefficient (Wildman–Crippen LogP) is 1.30. The first-order valence-electron chi connectivity index (χ1n) is 7.68. The van der Waals surface area contributed by atoms with Crippen LogP contribution in [0.3, 0.4) is 0 Å². The van der Waals surface area contributed by atoms with Crippen molar-refractivity contribution in [3.8, 4) is 0 Å². The molecule has 114 valence electrons. The van der Waals surface area contributed by atoms with Gasteiger partial charge in [0.05, 0.1) is 11.4 Å². The molecule has 1 aromatic carbocycles. The Morgan fingerprint density at radius 3 is 2.81 bits per heavy atom. The molecule has 5 nitrogen and oxygen atoms in total. The van der Waals surface area contributed by atoms with Crippen molar-refractivity contribution in [2.24, 2.45) is 0 Å². The predicted molar refractivity (Wildman–Crippen MR) is 85.6 cm³/mol. The highest BCUT2D eigenvalue weighted by Crippen LogP contribution is 2.33. The van der Waals surface area contributed by atoms with E-state index < -0.39 is 0 Å². The van der Waals surface area contributed by atoms with Crippen molar-refractivity contribution in [3.63, 3.8) is 0 Å². The van der Waals surface area contributed by atoms with Gasteiger partial charge in [0.2, 0.25) is 0 Å². The molecule has 0 saturated carbocycles. The Kier molecular flexibility index (Phi) is 3.76. The molecule has 5 heteroatoms. The second-order valence-corrected chi connectivity index (χ2v) is 6.14. The fourth-order valence-electron chi connectivity index (χ4n) is 3.63. The second-order valence-electron chi connectivity index (χ2n) is 6.14. The highest BCUT2D eigenvalue weighted by atomic mass is 16.1. The summed E-state index contributed by atoms with van der Waals surface area (Å²) in [7, 11) is 3.88. The number of benzene rings is 1. The number of nitrogens with one attached hydrogen (secondary N) is 1. The summed E-state index contributed by atoms with van der Waals surface area (Å²) in [4.78, 5) is 16.7. The molecule has 21 heavy (non-hydrogen) atoms. The van der Waals surface area contributed by atoms with Crippen molar-refractivity contribution in [1.82, 2.24) is 10.2 Å². The average molecular weight is 288 g/mol. The van der Waals surface area contributed by atoms with Gasteiger partial charge in [0.15, 0.2) is 0 Å². The van der Waals surface area contributed by atoms with Crippen LogP contribution in [-0.4, -0.2) is 50.1 Å². The van der Waals surface area contributed by atoms with Crippen LogP contribution in [0.25, 0.3) is 0 Å². The number of rotatable bonds is 2. The summed E-state index contributed by atoms with van der Waals surface area (Å²) < 4.78 is 0. The number of nitrogens with zero attached hydrogens (tertiary/aromatic N) is 2. The van der Waals surface area contributed by atoms with Crippen LogP contribution < -0.4 is 16.0 Å². The van der Waals surface area contributed by atoms with Crippen LogP contribution in [0.4, 0.5) is 11.4 Å². The lowest BCUT2D eigenvalue weighted by molar-refractivity contribution is 0.0963. The number of carbonyl (C=O) groups is 1. The van der Waals surface area contributed by atoms with Crippen molar-refractivity contribution in [1.29, 1.82) is 0 Å². The van der Waals surface area contributed by atoms with Crippen LogP contribution in [0.1, 0.15) is 29.6 Å². The van der Waals surface area contributed by atoms with Crippen LogP contribution in [-0.2, 0) is 0 Å². The maximum absolute atomic E-state index is 11.8. The van der Waals surface area contributed by atoms with Gasteiger partial charge in [-0.3, -0.25) is 9.69 Å². The lowest BCUT2D eigenvalue weighted by Crippen LogP contribution is -2.37. The Hall–Kier alpha value is -1.75. The summed E-state index contributed by atoms with van der Waals surface area (Å²) in [6, 6.07) is 6.84. The van der Waals surface area contributed by atoms with Crippen molar-refractivity contribution >= 4 is 17.3 Å². The zero-order valence-electron chi connectivity index (χ0n) is 12.8. The maximum atomic E-state index is 11.8. The molecular weight excluding hydrogens is 264 g/mol. The maximum Gasteiger partial charge on any atom is 0.251 e. The minimum absolute atomic E-state index is 0.0651. The number of anilines is 2. The second kappa shape index (κ2) is 5.56. The smallest absolute Gasteiger partial charge is 0.251 e. The van der Waals surface area contributed by atoms with Crippen LogP contribution in [0.15, 0.2) is 18.2 Å². The van der Waals surface area contributed by atoms with Crippen LogP contribution >= 0.6 is 0 Å². The molecule has 1 aromatic rings. The summed E-state index contributed by atoms with van der Waals surface area (Å²) in [5, 5.41) is 2.67. The Bertz CT molecular complexity index is 545. The van der Waals surface area contributed by atoms with Crippen LogP contribution in [0.5, 0.6) is 0 Å². The Balaban J connectivity index is 1.87. The van der Waals surface area contributed by atoms with Gasteiger partial charge < -0.3 is 16.0 Å². The summed E-state index contributed by atoms with van der Waals surface area (Å²) in [6.07, 6.45) is 3.73. The lowest BCUT2D eigenvalue weighted by Gasteiger charge is -2.29. The Morgan fingerprint density at radius 2 is 2.05 bits per heavy atom. The van der Waals surface area contributed by atoms with Gasteiger partial charge in [0, 0.05) is 37.8 Å². The van der Waals surface area contributed by atoms with E-state index in [1.165, 1.54) is 12.8 Å². The highest BCUT2D eigenvalue weighted by molar-refractivity contribution is 5.96. The Labute approximate surface area is 126 Å². The van der Waals surface area contributed by atoms with E-state index in [4.69, 9.17) is 5.73 Å². The van der Waals surface area contributed by atoms with Gasteiger partial charge >= 0.3 is 0 Å². The van der Waals surface area contributed by atoms with Crippen molar-refractivity contribution in [3.05, 3.63) is 23.8 Å². The number of nitrogen functional groups attached to an aromatic ring is 1. The first kappa shape index (κ1) is 14.2. The first-order valence-corrected chi connectivity index (χ1v) is 7.68. The Morgan fingerprint density at radius 1 is 1.29 bits per heavy atom. The van der Waals surface area contributed by atoms with E-state index in [9.17, 15) is 4.79 Å². The van der Waals surface area contributed by atoms with E-state index >= 15 is 0 Å². The molecule has 2 aliphatic rings. The highest BCUT2D eigenvalue weighted by Gasteiger charge is 2.35. The SMILES string of the molecule is CNC(=O)c1ccc(N)c(N2CCC3CCC(C2)N3C)c1. The molecule has 2 atom stereocenters. The number of amides is 1. The van der Waals surface area contributed by atoms with Crippen LogP contribution in [0, 0.1) is 0 Å². The van der Waals surface area contributed by atoms with Gasteiger partial charge in [-0.1, -0.05) is 0 Å². The van der Waals surface area contributed by atoms with E-state index in [-0.39, 0.29) is 5.91 Å². The third-order valence-corrected chi connectivity index (χ3v) is 5.01. The molecule has 2 heterocycles. The standard InChI is InChI=1S/C16H24N4O/c1-18-16(21)11-3-6-14(17)15(9-11)20-8-7-12-4-5-13(10-20)19(12)2/h3,6,9,12-13H,4-5,7-8,10,17H2,1-2H3,(H,18,21). The summed E-state index contributed by atoms with van der Waals surface area (Å²) >= 11 is 0. The van der Waals surface area contributed by atoms with Gasteiger partial charge in [-0.25, -0.2) is 0 Å². The number of hydrogen-bond acceptors (Lipinski definition) is 4. The van der Waals surface area contributed by atoms with Crippen molar-refractivity contribution in [2.45, 2.75) is 31.3 Å². The molecule has 0 aliphatic carbocycles. The molecule has 2 saturated heterocycles. The van der Waals surface area contributed by atoms with E-state index in [0.29, 0.717) is 17.6 Å². The van der Waals surface area contributed by atoms with E-state index in [2.05, 4.69) is 22.2 Å². The zero-order valence-corrected chi connectivity index (χ0v) is 12.8. The minimum atomic E-state index is -0.0651. The van der Waals surface area contributed by atoms with Gasteiger partial charge in [-0.05, 0) is 44.5 Å². The van der Waals surface area contributed by atoms with Gasteiger partial charge in [0.1, 0.15) is 0 Å². The van der Waals surface area contributed by atoms with E-state index in [1.807, 2.05) is 12.1 Å². The third kappa shape index (κ3) is 2.58. The molecule has 2 bridgehead atoms. The summed E-state index contributed by atoms with van der Waals surface area (Å²) in [6.45, 7) is 2.00. The normalized spacial score (nSPS) is 25.7. The molecule has 3 N–H and O–H groups in total. The largest absolute Gasteiger partial charge is 0.397 e. The molecular formula is C16H24N4O. The molecule has 2 aliphatic heterocycles. The average Bonchev–Trinajstić information content (AvgIpc) is 2.72. The molecule has 0 spiro atoms. The minimum Gasteiger partial charge on any atom is -0.397 e. The molecule has 0 aromatic heterocycles. The van der Waals surface area contributed by atoms with Crippen LogP contribution in [0.2, 0.25) is 0 Å². The molecule has 0 radical (unpaired) electrons. The number of fused-ring (bicyclic) bond motifs is 2. The molecule has 2 fully saturated rings. The fraction of sp³-hybridized carbons (Fsp3) is 0.562. The molecule has 3 rings (SSSR count).